The summed E-state index contributed by atoms with van der Waals surface area (Å²) in [6.45, 7) is 11.5. The van der Waals surface area contributed by atoms with Crippen LogP contribution in [-0.2, 0) is 51.2 Å². The van der Waals surface area contributed by atoms with Crippen molar-refractivity contribution in [1.82, 2.24) is 15.0 Å². The lowest BCUT2D eigenvalue weighted by Gasteiger charge is -2.14. The summed E-state index contributed by atoms with van der Waals surface area (Å²) in [5, 5.41) is 11.1. The van der Waals surface area contributed by atoms with Crippen LogP contribution >= 0.6 is 31.9 Å². The average molecular weight is 696 g/mol. The number of esters is 2. The predicted octanol–water partition coefficient (Wildman–Crippen LogP) is 2.96. The second-order valence-corrected chi connectivity index (χ2v) is 13.3. The van der Waals surface area contributed by atoms with Gasteiger partial charge < -0.3 is 28.4 Å². The highest BCUT2D eigenvalue weighted by Gasteiger charge is 2.26. The molecule has 0 amide bonds. The summed E-state index contributed by atoms with van der Waals surface area (Å²) in [6.07, 6.45) is 7.28. The predicted molar refractivity (Wildman–Crippen MR) is 151 cm³/mol. The van der Waals surface area contributed by atoms with Gasteiger partial charge in [0, 0.05) is 4.91 Å². The summed E-state index contributed by atoms with van der Waals surface area (Å²) in [7, 11) is 0. The molecular formula is C24H36Br2N6O8. The molecule has 0 spiro atoms. The number of azide groups is 1. The Kier molecular flexibility index (Phi) is 17.0. The first kappa shape index (κ1) is 35.8. The number of carbonyl (C=O) groups excluding carboxylic acids is 2. The van der Waals surface area contributed by atoms with Crippen LogP contribution in [0.5, 0.6) is 0 Å². The summed E-state index contributed by atoms with van der Waals surface area (Å²) < 4.78 is 30.4. The largest absolute Gasteiger partial charge is 0.465 e. The molecule has 16 heteroatoms. The molecule has 0 aliphatic carbocycles. The van der Waals surface area contributed by atoms with Gasteiger partial charge in [0.2, 0.25) is 0 Å². The van der Waals surface area contributed by atoms with Crippen molar-refractivity contribution in [1.29, 1.82) is 0 Å². The highest BCUT2D eigenvalue weighted by molar-refractivity contribution is 9.10. The molecular weight excluding hydrogens is 660 g/mol. The molecule has 0 radical (unpaired) electrons. The van der Waals surface area contributed by atoms with Crippen LogP contribution in [0.1, 0.15) is 33.4 Å². The molecule has 3 heterocycles. The Hall–Kier alpha value is -2.25. The first-order valence-electron chi connectivity index (χ1n) is 12.3. The lowest BCUT2D eigenvalue weighted by molar-refractivity contribution is -0.146. The molecule has 2 unspecified atom stereocenters. The molecule has 1 aromatic heterocycles. The summed E-state index contributed by atoms with van der Waals surface area (Å²) in [6, 6.07) is 0. The number of carbonyl (C=O) groups is 2. The minimum Gasteiger partial charge on any atom is -0.465 e. The van der Waals surface area contributed by atoms with Gasteiger partial charge in [-0.1, -0.05) is 48.1 Å². The molecule has 0 N–H and O–H groups in total. The van der Waals surface area contributed by atoms with Gasteiger partial charge in [-0.05, 0) is 33.2 Å². The quantitative estimate of drug-likeness (QED) is 0.0388. The van der Waals surface area contributed by atoms with E-state index in [1.165, 1.54) is 0 Å². The molecule has 3 rings (SSSR count). The minimum atomic E-state index is -0.677. The fourth-order valence-corrected chi connectivity index (χ4v) is 2.41. The van der Waals surface area contributed by atoms with E-state index in [0.717, 1.165) is 18.9 Å². The van der Waals surface area contributed by atoms with Crippen LogP contribution in [0, 0.1) is 12.3 Å². The first-order chi connectivity index (χ1) is 18.9. The van der Waals surface area contributed by atoms with Crippen LogP contribution in [0.3, 0.4) is 0 Å². The number of alkyl halides is 2. The second-order valence-electron chi connectivity index (χ2n) is 9.29. The molecule has 0 bridgehead atoms. The highest BCUT2D eigenvalue weighted by atomic mass is 79.9. The van der Waals surface area contributed by atoms with Crippen LogP contribution in [0.2, 0.25) is 0 Å². The molecule has 2 saturated heterocycles. The zero-order valence-corrected chi connectivity index (χ0v) is 26.3. The van der Waals surface area contributed by atoms with Gasteiger partial charge in [0.05, 0.1) is 58.9 Å². The lowest BCUT2D eigenvalue weighted by atomic mass is 10.2. The number of nitrogens with zero attached hydrogens (tertiary/aromatic N) is 6. The molecule has 14 nitrogen and oxygen atoms in total. The van der Waals surface area contributed by atoms with Gasteiger partial charge in [-0.3, -0.25) is 9.59 Å². The molecule has 2 atom stereocenters. The van der Waals surface area contributed by atoms with E-state index in [2.05, 4.69) is 58.1 Å². The molecule has 40 heavy (non-hydrogen) atoms. The van der Waals surface area contributed by atoms with Crippen molar-refractivity contribution in [2.45, 2.75) is 61.7 Å². The maximum atomic E-state index is 11.5. The lowest BCUT2D eigenvalue weighted by Crippen LogP contribution is -2.27. The number of ether oxygens (including phenoxy) is 6. The number of hydrogen-bond donors (Lipinski definition) is 0. The van der Waals surface area contributed by atoms with E-state index < -0.39 is 8.65 Å². The third-order valence-electron chi connectivity index (χ3n) is 4.45. The van der Waals surface area contributed by atoms with E-state index in [4.69, 9.17) is 40.4 Å². The number of hydrogen-bond acceptors (Lipinski definition) is 11. The van der Waals surface area contributed by atoms with E-state index in [0.29, 0.717) is 39.1 Å². The molecule has 1 aromatic rings. The van der Waals surface area contributed by atoms with Crippen molar-refractivity contribution in [3.63, 3.8) is 0 Å². The van der Waals surface area contributed by atoms with Gasteiger partial charge in [-0.2, -0.15) is 0 Å². The molecule has 0 aromatic carbocycles. The summed E-state index contributed by atoms with van der Waals surface area (Å²) in [5.74, 6) is 1.71. The van der Waals surface area contributed by atoms with E-state index in [9.17, 15) is 9.59 Å². The van der Waals surface area contributed by atoms with Gasteiger partial charge in [-0.15, -0.1) is 11.5 Å². The smallest absolute Gasteiger partial charge is 0.322 e. The van der Waals surface area contributed by atoms with E-state index in [1.807, 2.05) is 0 Å². The van der Waals surface area contributed by atoms with Crippen LogP contribution < -0.4 is 0 Å². The zero-order chi connectivity index (χ0) is 30.0. The van der Waals surface area contributed by atoms with Crippen molar-refractivity contribution in [3.8, 4) is 12.3 Å². The Labute approximate surface area is 250 Å². The first-order valence-corrected chi connectivity index (χ1v) is 13.9. The van der Waals surface area contributed by atoms with E-state index in [1.54, 1.807) is 38.6 Å². The number of epoxide rings is 2. The molecule has 2 aliphatic heterocycles. The molecule has 224 valence electrons. The number of halogens is 2. The van der Waals surface area contributed by atoms with Crippen LogP contribution in [0.4, 0.5) is 0 Å². The van der Waals surface area contributed by atoms with Gasteiger partial charge >= 0.3 is 11.9 Å². The van der Waals surface area contributed by atoms with Crippen molar-refractivity contribution >= 4 is 43.8 Å². The average Bonchev–Trinajstić information content (AvgIpc) is 3.82. The Morgan fingerprint density at radius 2 is 1.68 bits per heavy atom. The van der Waals surface area contributed by atoms with Gasteiger partial charge in [0.25, 0.3) is 0 Å². The zero-order valence-electron chi connectivity index (χ0n) is 23.1. The van der Waals surface area contributed by atoms with Gasteiger partial charge in [-0.25, -0.2) is 4.68 Å². The van der Waals surface area contributed by atoms with E-state index in [-0.39, 0.29) is 37.8 Å². The molecule has 2 aliphatic rings. The standard InChI is InChI=1S/C12H18BrN3O4.C6H10BrN3O2.C6H8O2/c1-12(2,13)11(17)19-4-3-16-5-9(14-15-16)6-18-7-10-8-20-10;1-6(2,7)5(11)12-4-3-9-10-8;1-2-3-7-4-6-5-8-6/h5,10H,3-4,6-8H2,1-2H3;3-4H2,1-2H3;1,6H,3-5H2. The summed E-state index contributed by atoms with van der Waals surface area (Å²) >= 11 is 6.38. The fourth-order valence-electron chi connectivity index (χ4n) is 2.19. The summed E-state index contributed by atoms with van der Waals surface area (Å²) in [4.78, 5) is 25.1. The van der Waals surface area contributed by atoms with Gasteiger partial charge in [0.15, 0.2) is 0 Å². The third-order valence-corrected chi connectivity index (χ3v) is 5.09. The van der Waals surface area contributed by atoms with Crippen molar-refractivity contribution in [3.05, 3.63) is 22.3 Å². The SMILES string of the molecule is C#CCOCC1CO1.CC(C)(Br)C(=O)OCCN=[N+]=[N-].CC(C)(Br)C(=O)OCCn1cc(COCC2CO2)nn1. The van der Waals surface area contributed by atoms with Crippen molar-refractivity contribution < 1.29 is 38.0 Å². The molecule has 2 fully saturated rings. The Balaban J connectivity index is 0.000000339. The number of aromatic nitrogens is 3. The number of rotatable bonds is 15. The minimum absolute atomic E-state index is 0.123. The Bertz CT molecular complexity index is 991. The fraction of sp³-hybridized carbons (Fsp3) is 0.750. The maximum Gasteiger partial charge on any atom is 0.322 e. The van der Waals surface area contributed by atoms with Gasteiger partial charge in [0.1, 0.15) is 39.8 Å². The maximum absolute atomic E-state index is 11.5. The van der Waals surface area contributed by atoms with Crippen LogP contribution in [0.15, 0.2) is 11.3 Å². The Morgan fingerprint density at radius 3 is 2.17 bits per heavy atom. The highest BCUT2D eigenvalue weighted by Crippen LogP contribution is 2.18. The van der Waals surface area contributed by atoms with E-state index >= 15 is 0 Å². The van der Waals surface area contributed by atoms with Crippen LogP contribution in [-0.4, -0.2) is 101 Å². The topological polar surface area (TPSA) is 176 Å². The van der Waals surface area contributed by atoms with Crippen molar-refractivity contribution in [2.24, 2.45) is 5.11 Å². The van der Waals surface area contributed by atoms with Crippen molar-refractivity contribution in [2.75, 3.05) is 52.8 Å². The number of terminal acetylenes is 1. The second kappa shape index (κ2) is 19.0. The third kappa shape index (κ3) is 18.9. The molecule has 0 saturated carbocycles. The Morgan fingerprint density at radius 1 is 1.12 bits per heavy atom. The van der Waals surface area contributed by atoms with Crippen LogP contribution in [0.25, 0.3) is 10.4 Å². The monoisotopic (exact) mass is 694 g/mol. The normalized spacial score (nSPS) is 17.0. The summed E-state index contributed by atoms with van der Waals surface area (Å²) in [5.41, 5.74) is 8.65.